The molecule has 7 heteroatoms. The van der Waals surface area contributed by atoms with Crippen LogP contribution in [0.2, 0.25) is 18.1 Å². The highest BCUT2D eigenvalue weighted by Gasteiger charge is 2.42. The molecule has 0 aromatic heterocycles. The monoisotopic (exact) mass is 482 g/mol. The van der Waals surface area contributed by atoms with Gasteiger partial charge in [-0.1, -0.05) is 69.3 Å². The van der Waals surface area contributed by atoms with Crippen molar-refractivity contribution in [3.05, 3.63) is 78.1 Å². The zero-order valence-electron chi connectivity index (χ0n) is 19.3. The van der Waals surface area contributed by atoms with Crippen LogP contribution in [0.4, 0.5) is 13.2 Å². The maximum Gasteiger partial charge on any atom is 0.448 e. The fourth-order valence-electron chi connectivity index (χ4n) is 2.92. The molecular weight excluding hydrogens is 449 g/mol. The molecule has 0 aliphatic carbocycles. The second-order valence-electron chi connectivity index (χ2n) is 9.39. The molecule has 0 aliphatic heterocycles. The number of aryl methyl sites for hydroxylation is 1. The topological polar surface area (TPSA) is 29.5 Å². The molecule has 2 rings (SSSR count). The molecule has 0 amide bonds. The van der Waals surface area contributed by atoms with Gasteiger partial charge in [-0.05, 0) is 54.7 Å². The van der Waals surface area contributed by atoms with Gasteiger partial charge in [0.15, 0.2) is 14.1 Å². The van der Waals surface area contributed by atoms with Gasteiger partial charge in [-0.2, -0.15) is 13.2 Å². The Morgan fingerprint density at radius 2 is 1.53 bits per heavy atom. The summed E-state index contributed by atoms with van der Waals surface area (Å²) in [5.74, 6) is -1.57. The molecule has 2 atom stereocenters. The Hall–Kier alpha value is -1.70. The number of aliphatic hydroxyl groups is 1. The molecule has 2 aromatic carbocycles. The molecule has 0 heterocycles. The number of hydrogen-bond donors (Lipinski definition) is 1. The van der Waals surface area contributed by atoms with Gasteiger partial charge in [0, 0.05) is 4.90 Å². The first-order valence-corrected chi connectivity index (χ1v) is 14.5. The predicted molar refractivity (Wildman–Crippen MR) is 130 cm³/mol. The second kappa shape index (κ2) is 10.9. The van der Waals surface area contributed by atoms with E-state index in [1.165, 1.54) is 11.8 Å². The van der Waals surface area contributed by atoms with E-state index in [0.29, 0.717) is 12.8 Å². The molecule has 1 N–H and O–H groups in total. The average Bonchev–Trinajstić information content (AvgIpc) is 2.70. The molecule has 0 aliphatic rings. The third kappa shape index (κ3) is 8.01. The van der Waals surface area contributed by atoms with Crippen molar-refractivity contribution in [3.63, 3.8) is 0 Å². The minimum Gasteiger partial charge on any atom is -0.504 e. The summed E-state index contributed by atoms with van der Waals surface area (Å²) in [6, 6.07) is 19.1. The Labute approximate surface area is 195 Å². The van der Waals surface area contributed by atoms with Gasteiger partial charge in [0.1, 0.15) is 0 Å². The van der Waals surface area contributed by atoms with E-state index in [9.17, 15) is 18.3 Å². The molecule has 0 unspecified atom stereocenters. The van der Waals surface area contributed by atoms with Gasteiger partial charge in [0.2, 0.25) is 0 Å². The van der Waals surface area contributed by atoms with E-state index in [1.54, 1.807) is 0 Å². The van der Waals surface area contributed by atoms with E-state index in [0.717, 1.165) is 16.5 Å². The fourth-order valence-corrected chi connectivity index (χ4v) is 5.57. The van der Waals surface area contributed by atoms with Crippen molar-refractivity contribution in [2.75, 3.05) is 0 Å². The second-order valence-corrected chi connectivity index (χ2v) is 15.4. The number of hydrogen-bond acceptors (Lipinski definition) is 3. The first kappa shape index (κ1) is 26.5. The van der Waals surface area contributed by atoms with Crippen molar-refractivity contribution >= 4 is 20.1 Å². The van der Waals surface area contributed by atoms with E-state index >= 15 is 0 Å². The van der Waals surface area contributed by atoms with Crippen LogP contribution in [0.5, 0.6) is 0 Å². The summed E-state index contributed by atoms with van der Waals surface area (Å²) in [7, 11) is -2.29. The zero-order valence-corrected chi connectivity index (χ0v) is 21.1. The minimum atomic E-state index is -4.80. The third-order valence-corrected chi connectivity index (χ3v) is 11.6. The summed E-state index contributed by atoms with van der Waals surface area (Å²) < 4.78 is 46.4. The molecule has 0 saturated heterocycles. The van der Waals surface area contributed by atoms with Crippen LogP contribution in [0.15, 0.2) is 77.4 Å². The zero-order chi connectivity index (χ0) is 24.0. The van der Waals surface area contributed by atoms with Crippen molar-refractivity contribution in [1.29, 1.82) is 0 Å². The lowest BCUT2D eigenvalue weighted by atomic mass is 10.0. The Balaban J connectivity index is 2.42. The number of alkyl halides is 3. The van der Waals surface area contributed by atoms with Crippen LogP contribution in [-0.2, 0) is 10.8 Å². The number of rotatable bonds is 9. The van der Waals surface area contributed by atoms with Gasteiger partial charge in [0.25, 0.3) is 0 Å². The molecule has 2 aromatic rings. The smallest absolute Gasteiger partial charge is 0.448 e. The first-order chi connectivity index (χ1) is 14.8. The van der Waals surface area contributed by atoms with Crippen LogP contribution in [0.3, 0.4) is 0 Å². The number of halogens is 3. The lowest BCUT2D eigenvalue weighted by molar-refractivity contribution is -0.120. The van der Waals surface area contributed by atoms with Crippen molar-refractivity contribution in [2.45, 2.75) is 74.2 Å². The lowest BCUT2D eigenvalue weighted by Crippen LogP contribution is -2.46. The Bertz CT molecular complexity index is 862. The van der Waals surface area contributed by atoms with Crippen LogP contribution >= 0.6 is 11.8 Å². The molecule has 0 saturated carbocycles. The van der Waals surface area contributed by atoms with Crippen molar-refractivity contribution in [2.24, 2.45) is 0 Å². The Morgan fingerprint density at radius 3 is 2.03 bits per heavy atom. The van der Waals surface area contributed by atoms with E-state index in [4.69, 9.17) is 4.43 Å². The Kier molecular flexibility index (Phi) is 9.08. The van der Waals surface area contributed by atoms with Crippen LogP contribution in [0.25, 0.3) is 0 Å². The molecule has 0 fully saturated rings. The highest BCUT2D eigenvalue weighted by Crippen LogP contribution is 2.41. The van der Waals surface area contributed by atoms with Crippen LogP contribution in [-0.4, -0.2) is 31.0 Å². The van der Waals surface area contributed by atoms with Gasteiger partial charge in [0.05, 0.1) is 11.4 Å². The summed E-state index contributed by atoms with van der Waals surface area (Å²) in [6.07, 6.45) is -3.16. The molecule has 32 heavy (non-hydrogen) atoms. The van der Waals surface area contributed by atoms with Crippen molar-refractivity contribution in [3.8, 4) is 0 Å². The lowest BCUT2D eigenvalue weighted by Gasteiger charge is -2.41. The summed E-state index contributed by atoms with van der Waals surface area (Å²) >= 11 is 1.29. The molecule has 0 spiro atoms. The van der Waals surface area contributed by atoms with E-state index in [1.807, 2.05) is 60.7 Å². The normalized spacial score (nSPS) is 15.4. The van der Waals surface area contributed by atoms with Gasteiger partial charge in [-0.15, -0.1) is 11.8 Å². The molecule has 2 nitrogen and oxygen atoms in total. The predicted octanol–water partition coefficient (Wildman–Crippen LogP) is 8.17. The number of benzene rings is 2. The van der Waals surface area contributed by atoms with Crippen LogP contribution < -0.4 is 0 Å². The number of thioether (sulfide) groups is 1. The van der Waals surface area contributed by atoms with Crippen molar-refractivity contribution < 1.29 is 22.7 Å². The molecule has 0 radical (unpaired) electrons. The maximum absolute atomic E-state index is 13.2. The molecular formula is C25H33F3O2SSi. The van der Waals surface area contributed by atoms with Gasteiger partial charge < -0.3 is 9.53 Å². The molecule has 0 bridgehead atoms. The molecule has 176 valence electrons. The Morgan fingerprint density at radius 1 is 1.00 bits per heavy atom. The van der Waals surface area contributed by atoms with Crippen LogP contribution in [0, 0.1) is 0 Å². The standard InChI is InChI=1S/C25H33F3O2SSi/c1-24(2,3)32(4,5)30-21(17-16-19-12-8-6-9-13-19)22(18-23(29)25(26,27)28)31-20-14-10-7-11-15-20/h6-15,18,21-22,29H,16-17H2,1-5H3/b23-18-/t21-,22-/m1/s1. The third-order valence-electron chi connectivity index (χ3n) is 5.81. The van der Waals surface area contributed by atoms with Gasteiger partial charge in [-0.3, -0.25) is 0 Å². The number of aliphatic hydroxyl groups excluding tert-OH is 1. The van der Waals surface area contributed by atoms with Crippen molar-refractivity contribution in [1.82, 2.24) is 0 Å². The van der Waals surface area contributed by atoms with Gasteiger partial charge in [-0.25, -0.2) is 0 Å². The maximum atomic E-state index is 13.2. The average molecular weight is 483 g/mol. The summed E-state index contributed by atoms with van der Waals surface area (Å²) in [5.41, 5.74) is 1.10. The minimum absolute atomic E-state index is 0.101. The quantitative estimate of drug-likeness (QED) is 0.222. The largest absolute Gasteiger partial charge is 0.504 e. The van der Waals surface area contributed by atoms with E-state index in [-0.39, 0.29) is 5.04 Å². The van der Waals surface area contributed by atoms with Crippen LogP contribution in [0.1, 0.15) is 32.8 Å². The van der Waals surface area contributed by atoms with E-state index < -0.39 is 31.6 Å². The van der Waals surface area contributed by atoms with Gasteiger partial charge >= 0.3 is 6.18 Å². The summed E-state index contributed by atoms with van der Waals surface area (Å²) in [5, 5.41) is 9.01. The highest BCUT2D eigenvalue weighted by atomic mass is 32.2. The fraction of sp³-hybridized carbons (Fsp3) is 0.440. The summed E-state index contributed by atoms with van der Waals surface area (Å²) in [6.45, 7) is 10.5. The highest BCUT2D eigenvalue weighted by molar-refractivity contribution is 8.00. The number of allylic oxidation sites excluding steroid dienone is 1. The summed E-state index contributed by atoms with van der Waals surface area (Å²) in [4.78, 5) is 0.826. The first-order valence-electron chi connectivity index (χ1n) is 10.7. The van der Waals surface area contributed by atoms with E-state index in [2.05, 4.69) is 33.9 Å². The SMILES string of the molecule is CC(C)(C)[Si](C)(C)O[C@H](CCc1ccccc1)[C@@H](/C=C(\O)C(F)(F)F)Sc1ccccc1.